The number of halogens is 3. The van der Waals surface area contributed by atoms with Crippen molar-refractivity contribution in [2.75, 3.05) is 5.32 Å². The average molecular weight is 315 g/mol. The molecule has 0 aliphatic heterocycles. The summed E-state index contributed by atoms with van der Waals surface area (Å²) >= 11 is 11.5. The minimum Gasteiger partial charge on any atom is -0.380 e. The highest BCUT2D eigenvalue weighted by Crippen LogP contribution is 2.27. The van der Waals surface area contributed by atoms with Gasteiger partial charge in [0.2, 0.25) is 0 Å². The minimum atomic E-state index is -0.524. The molecule has 0 saturated carbocycles. The van der Waals surface area contributed by atoms with Gasteiger partial charge in [-0.05, 0) is 23.8 Å². The zero-order valence-electron chi connectivity index (χ0n) is 10.1. The van der Waals surface area contributed by atoms with Gasteiger partial charge in [-0.25, -0.2) is 4.39 Å². The smallest absolute Gasteiger partial charge is 0.271 e. The first-order valence-corrected chi connectivity index (χ1v) is 6.34. The SMILES string of the molecule is O=[N+]([O-])c1ccc(NCc2ccc(Cl)c(F)c2)c(Cl)c1. The molecule has 4 nitrogen and oxygen atoms in total. The van der Waals surface area contributed by atoms with Crippen LogP contribution in [0.4, 0.5) is 15.8 Å². The molecule has 20 heavy (non-hydrogen) atoms. The van der Waals surface area contributed by atoms with Crippen molar-refractivity contribution in [3.63, 3.8) is 0 Å². The van der Waals surface area contributed by atoms with Crippen molar-refractivity contribution in [1.29, 1.82) is 0 Å². The van der Waals surface area contributed by atoms with E-state index in [-0.39, 0.29) is 15.7 Å². The van der Waals surface area contributed by atoms with Gasteiger partial charge < -0.3 is 5.32 Å². The van der Waals surface area contributed by atoms with Crippen LogP contribution in [0.15, 0.2) is 36.4 Å². The van der Waals surface area contributed by atoms with Gasteiger partial charge in [-0.15, -0.1) is 0 Å². The quantitative estimate of drug-likeness (QED) is 0.660. The Morgan fingerprint density at radius 1 is 1.15 bits per heavy atom. The Kier molecular flexibility index (Phi) is 4.42. The summed E-state index contributed by atoms with van der Waals surface area (Å²) in [5.41, 5.74) is 1.13. The van der Waals surface area contributed by atoms with Gasteiger partial charge in [0.1, 0.15) is 5.82 Å². The number of hydrogen-bond donors (Lipinski definition) is 1. The number of hydrogen-bond acceptors (Lipinski definition) is 3. The number of nitrogens with zero attached hydrogens (tertiary/aromatic N) is 1. The maximum Gasteiger partial charge on any atom is 0.271 e. The van der Waals surface area contributed by atoms with Crippen LogP contribution in [-0.4, -0.2) is 4.92 Å². The molecule has 0 aromatic heterocycles. The fourth-order valence-electron chi connectivity index (χ4n) is 1.61. The van der Waals surface area contributed by atoms with Crippen LogP contribution in [-0.2, 0) is 6.54 Å². The normalized spacial score (nSPS) is 10.3. The number of rotatable bonds is 4. The molecular formula is C13H9Cl2FN2O2. The van der Waals surface area contributed by atoms with Crippen molar-refractivity contribution in [2.24, 2.45) is 0 Å². The largest absolute Gasteiger partial charge is 0.380 e. The first kappa shape index (κ1) is 14.6. The Morgan fingerprint density at radius 2 is 1.90 bits per heavy atom. The highest BCUT2D eigenvalue weighted by molar-refractivity contribution is 6.33. The summed E-state index contributed by atoms with van der Waals surface area (Å²) in [6.45, 7) is 0.325. The second-order valence-corrected chi connectivity index (χ2v) is 4.84. The summed E-state index contributed by atoms with van der Waals surface area (Å²) in [4.78, 5) is 10.1. The molecule has 2 rings (SSSR count). The lowest BCUT2D eigenvalue weighted by Crippen LogP contribution is -2.01. The topological polar surface area (TPSA) is 55.2 Å². The van der Waals surface area contributed by atoms with Gasteiger partial charge in [0.05, 0.1) is 20.7 Å². The van der Waals surface area contributed by atoms with Crippen LogP contribution in [0.2, 0.25) is 10.0 Å². The first-order valence-electron chi connectivity index (χ1n) is 5.59. The predicted molar refractivity (Wildman–Crippen MR) is 76.8 cm³/mol. The fraction of sp³-hybridized carbons (Fsp3) is 0.0769. The Morgan fingerprint density at radius 3 is 2.50 bits per heavy atom. The van der Waals surface area contributed by atoms with Crippen LogP contribution >= 0.6 is 23.2 Å². The molecule has 0 spiro atoms. The third kappa shape index (κ3) is 3.37. The van der Waals surface area contributed by atoms with Gasteiger partial charge in [0, 0.05) is 18.7 Å². The Labute approximate surface area is 124 Å². The van der Waals surface area contributed by atoms with Crippen molar-refractivity contribution >= 4 is 34.6 Å². The number of nitro benzene ring substituents is 1. The molecule has 0 heterocycles. The molecule has 2 aromatic carbocycles. The van der Waals surface area contributed by atoms with Gasteiger partial charge in [0.25, 0.3) is 5.69 Å². The van der Waals surface area contributed by atoms with Crippen LogP contribution in [0.25, 0.3) is 0 Å². The number of benzene rings is 2. The molecule has 7 heteroatoms. The van der Waals surface area contributed by atoms with Crippen molar-refractivity contribution in [3.8, 4) is 0 Å². The molecule has 0 bridgehead atoms. The van der Waals surface area contributed by atoms with Crippen LogP contribution < -0.4 is 5.32 Å². The number of nitrogens with one attached hydrogen (secondary N) is 1. The second kappa shape index (κ2) is 6.07. The fourth-order valence-corrected chi connectivity index (χ4v) is 1.97. The summed E-state index contributed by atoms with van der Waals surface area (Å²) in [5, 5.41) is 13.9. The van der Waals surface area contributed by atoms with E-state index < -0.39 is 10.7 Å². The van der Waals surface area contributed by atoms with E-state index in [4.69, 9.17) is 23.2 Å². The molecule has 1 N–H and O–H groups in total. The van der Waals surface area contributed by atoms with Crippen LogP contribution in [0.5, 0.6) is 0 Å². The maximum atomic E-state index is 13.3. The standard InChI is InChI=1S/C13H9Cl2FN2O2/c14-10-3-1-8(5-12(10)16)7-17-13-4-2-9(18(19)20)6-11(13)15/h1-6,17H,7H2. The third-order valence-corrected chi connectivity index (χ3v) is 3.25. The highest BCUT2D eigenvalue weighted by atomic mass is 35.5. The summed E-state index contributed by atoms with van der Waals surface area (Å²) in [7, 11) is 0. The zero-order valence-corrected chi connectivity index (χ0v) is 11.6. The lowest BCUT2D eigenvalue weighted by Gasteiger charge is -2.08. The highest BCUT2D eigenvalue weighted by Gasteiger charge is 2.09. The molecule has 104 valence electrons. The lowest BCUT2D eigenvalue weighted by molar-refractivity contribution is -0.384. The van der Waals surface area contributed by atoms with Gasteiger partial charge >= 0.3 is 0 Å². The second-order valence-electron chi connectivity index (χ2n) is 4.02. The van der Waals surface area contributed by atoms with E-state index in [2.05, 4.69) is 5.32 Å². The molecule has 0 aliphatic rings. The van der Waals surface area contributed by atoms with E-state index in [0.29, 0.717) is 17.8 Å². The third-order valence-electron chi connectivity index (χ3n) is 2.63. The summed E-state index contributed by atoms with van der Waals surface area (Å²) in [6.07, 6.45) is 0. The number of non-ortho nitro benzene ring substituents is 1. The van der Waals surface area contributed by atoms with Crippen LogP contribution in [0.1, 0.15) is 5.56 Å². The van der Waals surface area contributed by atoms with E-state index in [1.54, 1.807) is 6.07 Å². The van der Waals surface area contributed by atoms with Crippen molar-refractivity contribution in [3.05, 3.63) is 67.9 Å². The summed E-state index contributed by atoms with van der Waals surface area (Å²) < 4.78 is 13.3. The number of nitro groups is 1. The van der Waals surface area contributed by atoms with E-state index >= 15 is 0 Å². The minimum absolute atomic E-state index is 0.0575. The van der Waals surface area contributed by atoms with Crippen molar-refractivity contribution in [2.45, 2.75) is 6.54 Å². The van der Waals surface area contributed by atoms with Gasteiger partial charge in [-0.2, -0.15) is 0 Å². The Bertz CT molecular complexity index is 665. The average Bonchev–Trinajstić information content (AvgIpc) is 2.41. The van der Waals surface area contributed by atoms with Crippen molar-refractivity contribution < 1.29 is 9.31 Å². The van der Waals surface area contributed by atoms with E-state index in [1.807, 2.05) is 0 Å². The van der Waals surface area contributed by atoms with Crippen molar-refractivity contribution in [1.82, 2.24) is 0 Å². The summed E-state index contributed by atoms with van der Waals surface area (Å²) in [6, 6.07) is 8.56. The maximum absolute atomic E-state index is 13.3. The zero-order chi connectivity index (χ0) is 14.7. The molecular weight excluding hydrogens is 306 g/mol. The molecule has 0 atom stereocenters. The Balaban J connectivity index is 2.10. The van der Waals surface area contributed by atoms with Gasteiger partial charge in [0.15, 0.2) is 0 Å². The monoisotopic (exact) mass is 314 g/mol. The van der Waals surface area contributed by atoms with E-state index in [9.17, 15) is 14.5 Å². The van der Waals surface area contributed by atoms with Gasteiger partial charge in [-0.1, -0.05) is 29.3 Å². The lowest BCUT2D eigenvalue weighted by atomic mass is 10.2. The summed E-state index contributed by atoms with van der Waals surface area (Å²) in [5.74, 6) is -0.499. The van der Waals surface area contributed by atoms with Gasteiger partial charge in [-0.3, -0.25) is 10.1 Å². The molecule has 0 radical (unpaired) electrons. The van der Waals surface area contributed by atoms with E-state index in [0.717, 1.165) is 0 Å². The molecule has 0 saturated heterocycles. The molecule has 0 aliphatic carbocycles. The molecule has 0 unspecified atom stereocenters. The first-order chi connectivity index (χ1) is 9.47. The molecule has 0 fully saturated rings. The van der Waals surface area contributed by atoms with Crippen LogP contribution in [0.3, 0.4) is 0 Å². The molecule has 2 aromatic rings. The van der Waals surface area contributed by atoms with E-state index in [1.165, 1.54) is 30.3 Å². The number of anilines is 1. The Hall–Kier alpha value is -1.85. The van der Waals surface area contributed by atoms with Crippen LogP contribution in [0, 0.1) is 15.9 Å². The predicted octanol–water partition coefficient (Wildman–Crippen LogP) is 4.65. The molecule has 0 amide bonds.